The van der Waals surface area contributed by atoms with Crippen LogP contribution in [0.1, 0.15) is 0 Å². The molecular weight excluding hydrogens is 202 g/mol. The number of fused-ring (bicyclic) bond motifs is 1. The van der Waals surface area contributed by atoms with E-state index in [1.807, 2.05) is 18.2 Å². The first kappa shape index (κ1) is 10.2. The van der Waals surface area contributed by atoms with Crippen molar-refractivity contribution in [2.24, 2.45) is 0 Å². The van der Waals surface area contributed by atoms with Gasteiger partial charge in [-0.15, -0.1) is 0 Å². The van der Waals surface area contributed by atoms with Gasteiger partial charge in [0.15, 0.2) is 0 Å². The van der Waals surface area contributed by atoms with Crippen LogP contribution in [0, 0.1) is 0 Å². The van der Waals surface area contributed by atoms with Crippen molar-refractivity contribution in [3.63, 3.8) is 0 Å². The van der Waals surface area contributed by atoms with Gasteiger partial charge in [0, 0.05) is 17.6 Å². The molecule has 0 aliphatic carbocycles. The molecule has 0 unspecified atom stereocenters. The molecule has 0 N–H and O–H groups in total. The van der Waals surface area contributed by atoms with E-state index in [-0.39, 0.29) is 0 Å². The molecule has 2 aromatic rings. The van der Waals surface area contributed by atoms with Gasteiger partial charge >= 0.3 is 0 Å². The molecule has 15 heavy (non-hydrogen) atoms. The highest BCUT2D eigenvalue weighted by Crippen LogP contribution is 2.21. The molecule has 2 rings (SSSR count). The van der Waals surface area contributed by atoms with Gasteiger partial charge in [0.1, 0.15) is 5.75 Å². The van der Waals surface area contributed by atoms with Crippen LogP contribution >= 0.6 is 0 Å². The third kappa shape index (κ3) is 2.56. The van der Waals surface area contributed by atoms with Crippen molar-refractivity contribution in [1.82, 2.24) is 4.98 Å². The van der Waals surface area contributed by atoms with Crippen LogP contribution < -0.4 is 4.43 Å². The summed E-state index contributed by atoms with van der Waals surface area (Å²) in [6, 6.07) is 10.1. The Hall–Kier alpha value is -1.35. The lowest BCUT2D eigenvalue weighted by Gasteiger charge is -2.19. The molecule has 3 heteroatoms. The van der Waals surface area contributed by atoms with E-state index in [4.69, 9.17) is 4.43 Å². The van der Waals surface area contributed by atoms with E-state index in [9.17, 15) is 0 Å². The van der Waals surface area contributed by atoms with Crippen LogP contribution in [-0.4, -0.2) is 13.3 Å². The summed E-state index contributed by atoms with van der Waals surface area (Å²) >= 11 is 0. The minimum absolute atomic E-state index is 0.931. The average Bonchev–Trinajstić information content (AvgIpc) is 2.15. The molecule has 2 nitrogen and oxygen atoms in total. The molecule has 0 aliphatic rings. The fourth-order valence-corrected chi connectivity index (χ4v) is 2.30. The van der Waals surface area contributed by atoms with Gasteiger partial charge in [-0.25, -0.2) is 0 Å². The lowest BCUT2D eigenvalue weighted by atomic mass is 10.2. The number of rotatable bonds is 2. The van der Waals surface area contributed by atoms with E-state index in [0.717, 1.165) is 16.7 Å². The molecule has 78 valence electrons. The van der Waals surface area contributed by atoms with Crippen molar-refractivity contribution < 1.29 is 4.43 Å². The monoisotopic (exact) mass is 217 g/mol. The molecule has 1 aromatic carbocycles. The first-order valence-corrected chi connectivity index (χ1v) is 8.49. The summed E-state index contributed by atoms with van der Waals surface area (Å²) in [6.45, 7) is 6.53. The van der Waals surface area contributed by atoms with Crippen LogP contribution in [0.2, 0.25) is 19.6 Å². The van der Waals surface area contributed by atoms with Crippen LogP contribution in [0.3, 0.4) is 0 Å². The molecule has 0 amide bonds. The van der Waals surface area contributed by atoms with E-state index >= 15 is 0 Å². The maximum absolute atomic E-state index is 5.91. The van der Waals surface area contributed by atoms with Crippen molar-refractivity contribution in [2.45, 2.75) is 19.6 Å². The zero-order valence-corrected chi connectivity index (χ0v) is 10.3. The zero-order valence-electron chi connectivity index (χ0n) is 9.32. The quantitative estimate of drug-likeness (QED) is 0.719. The number of benzene rings is 1. The molecule has 0 radical (unpaired) electrons. The zero-order chi connectivity index (χ0) is 10.9. The summed E-state index contributed by atoms with van der Waals surface area (Å²) in [7, 11) is -1.51. The van der Waals surface area contributed by atoms with Gasteiger partial charge in [-0.3, -0.25) is 4.98 Å². The van der Waals surface area contributed by atoms with Crippen LogP contribution in [0.4, 0.5) is 0 Å². The summed E-state index contributed by atoms with van der Waals surface area (Å²) in [5.41, 5.74) is 0.994. The Morgan fingerprint density at radius 2 is 1.93 bits per heavy atom. The van der Waals surface area contributed by atoms with E-state index < -0.39 is 8.32 Å². The Balaban J connectivity index is 2.39. The average molecular weight is 217 g/mol. The second-order valence-electron chi connectivity index (χ2n) is 4.57. The van der Waals surface area contributed by atoms with E-state index in [1.54, 1.807) is 6.20 Å². The summed E-state index contributed by atoms with van der Waals surface area (Å²) in [6.07, 6.45) is 1.81. The second kappa shape index (κ2) is 3.66. The van der Waals surface area contributed by atoms with Crippen molar-refractivity contribution in [2.75, 3.05) is 0 Å². The van der Waals surface area contributed by atoms with E-state index in [2.05, 4.69) is 36.8 Å². The standard InChI is InChI=1S/C12H15NOSi/c1-15(2,3)14-11-7-6-10-5-4-8-13-12(10)9-11/h4-9H,1-3H3. The van der Waals surface area contributed by atoms with Crippen molar-refractivity contribution in [3.05, 3.63) is 36.5 Å². The van der Waals surface area contributed by atoms with Crippen molar-refractivity contribution in [3.8, 4) is 5.75 Å². The van der Waals surface area contributed by atoms with Gasteiger partial charge in [0.2, 0.25) is 8.32 Å². The second-order valence-corrected chi connectivity index (χ2v) is 9.00. The topological polar surface area (TPSA) is 22.1 Å². The summed E-state index contributed by atoms with van der Waals surface area (Å²) in [5, 5.41) is 1.15. The van der Waals surface area contributed by atoms with Crippen molar-refractivity contribution >= 4 is 19.2 Å². The van der Waals surface area contributed by atoms with Crippen LogP contribution in [0.5, 0.6) is 5.75 Å². The predicted molar refractivity (Wildman–Crippen MR) is 65.7 cm³/mol. The number of nitrogens with zero attached hydrogens (tertiary/aromatic N) is 1. The third-order valence-corrected chi connectivity index (χ3v) is 2.85. The number of aromatic nitrogens is 1. The van der Waals surface area contributed by atoms with Crippen LogP contribution in [0.25, 0.3) is 10.9 Å². The fourth-order valence-electron chi connectivity index (χ4n) is 1.46. The van der Waals surface area contributed by atoms with E-state index in [1.165, 1.54) is 0 Å². The summed E-state index contributed by atoms with van der Waals surface area (Å²) < 4.78 is 5.91. The van der Waals surface area contributed by atoms with Gasteiger partial charge in [-0.2, -0.15) is 0 Å². The summed E-state index contributed by atoms with van der Waals surface area (Å²) in [4.78, 5) is 4.31. The largest absolute Gasteiger partial charge is 0.544 e. The molecule has 0 aliphatic heterocycles. The highest BCUT2D eigenvalue weighted by molar-refractivity contribution is 6.70. The highest BCUT2D eigenvalue weighted by Gasteiger charge is 2.16. The van der Waals surface area contributed by atoms with Gasteiger partial charge in [-0.1, -0.05) is 6.07 Å². The molecule has 0 spiro atoms. The maximum Gasteiger partial charge on any atom is 0.242 e. The van der Waals surface area contributed by atoms with Gasteiger partial charge in [0.25, 0.3) is 0 Å². The van der Waals surface area contributed by atoms with Crippen LogP contribution in [0.15, 0.2) is 36.5 Å². The molecule has 0 saturated heterocycles. The number of hydrogen-bond donors (Lipinski definition) is 0. The Morgan fingerprint density at radius 3 is 2.67 bits per heavy atom. The molecule has 0 atom stereocenters. The minimum atomic E-state index is -1.51. The maximum atomic E-state index is 5.91. The number of hydrogen-bond acceptors (Lipinski definition) is 2. The minimum Gasteiger partial charge on any atom is -0.544 e. The van der Waals surface area contributed by atoms with Crippen molar-refractivity contribution in [1.29, 1.82) is 0 Å². The Bertz CT molecular complexity index is 476. The van der Waals surface area contributed by atoms with E-state index in [0.29, 0.717) is 0 Å². The predicted octanol–water partition coefficient (Wildman–Crippen LogP) is 3.45. The van der Waals surface area contributed by atoms with Gasteiger partial charge in [0.05, 0.1) is 5.52 Å². The highest BCUT2D eigenvalue weighted by atomic mass is 28.4. The number of pyridine rings is 1. The van der Waals surface area contributed by atoms with Gasteiger partial charge < -0.3 is 4.43 Å². The molecule has 0 saturated carbocycles. The first-order valence-electron chi connectivity index (χ1n) is 5.08. The smallest absolute Gasteiger partial charge is 0.242 e. The molecule has 0 fully saturated rings. The Kier molecular flexibility index (Phi) is 2.48. The Morgan fingerprint density at radius 1 is 1.13 bits per heavy atom. The normalized spacial score (nSPS) is 11.7. The third-order valence-electron chi connectivity index (χ3n) is 2.00. The first-order chi connectivity index (χ1) is 7.04. The van der Waals surface area contributed by atoms with Gasteiger partial charge in [-0.05, 0) is 37.8 Å². The molecular formula is C12H15NOSi. The lowest BCUT2D eigenvalue weighted by molar-refractivity contribution is 0.558. The Labute approximate surface area is 91.0 Å². The molecule has 0 bridgehead atoms. The lowest BCUT2D eigenvalue weighted by Crippen LogP contribution is -2.29. The molecule has 1 heterocycles. The SMILES string of the molecule is C[Si](C)(C)Oc1ccc2cccnc2c1. The fraction of sp³-hybridized carbons (Fsp3) is 0.250. The molecule has 1 aromatic heterocycles. The summed E-state index contributed by atoms with van der Waals surface area (Å²) in [5.74, 6) is 0.931. The van der Waals surface area contributed by atoms with Crippen LogP contribution in [-0.2, 0) is 0 Å².